The van der Waals surface area contributed by atoms with Crippen molar-refractivity contribution in [3.05, 3.63) is 29.6 Å². The van der Waals surface area contributed by atoms with E-state index in [-0.39, 0.29) is 23.7 Å². The summed E-state index contributed by atoms with van der Waals surface area (Å²) in [7, 11) is 1.54. The molecular weight excluding hydrogens is 335 g/mol. The number of hydrogen-bond donors (Lipinski definition) is 1. The highest BCUT2D eigenvalue weighted by Gasteiger charge is 2.41. The lowest BCUT2D eigenvalue weighted by Gasteiger charge is -2.48. The van der Waals surface area contributed by atoms with Gasteiger partial charge in [-0.2, -0.15) is 0 Å². The van der Waals surface area contributed by atoms with Gasteiger partial charge in [-0.05, 0) is 38.3 Å². The van der Waals surface area contributed by atoms with Crippen LogP contribution in [0.3, 0.4) is 0 Å². The first-order valence-electron chi connectivity index (χ1n) is 9.49. The SMILES string of the molecule is COc1ccc(CN2CCC[C@]3(CCC(=O)N(CCCO)C3)C2)c(F)c1. The quantitative estimate of drug-likeness (QED) is 0.842. The minimum atomic E-state index is -0.229. The molecule has 26 heavy (non-hydrogen) atoms. The van der Waals surface area contributed by atoms with Crippen LogP contribution in [0.25, 0.3) is 0 Å². The van der Waals surface area contributed by atoms with Crippen molar-refractivity contribution in [3.63, 3.8) is 0 Å². The molecular formula is C20H29FN2O3. The van der Waals surface area contributed by atoms with E-state index in [1.54, 1.807) is 12.1 Å². The molecule has 6 heteroatoms. The molecule has 3 rings (SSSR count). The van der Waals surface area contributed by atoms with Gasteiger partial charge in [-0.3, -0.25) is 9.69 Å². The van der Waals surface area contributed by atoms with Gasteiger partial charge in [0.05, 0.1) is 7.11 Å². The van der Waals surface area contributed by atoms with E-state index < -0.39 is 0 Å². The molecule has 0 bridgehead atoms. The highest BCUT2D eigenvalue weighted by atomic mass is 19.1. The van der Waals surface area contributed by atoms with Gasteiger partial charge in [0.2, 0.25) is 5.91 Å². The molecule has 2 aliphatic rings. The summed E-state index contributed by atoms with van der Waals surface area (Å²) in [4.78, 5) is 16.4. The van der Waals surface area contributed by atoms with Gasteiger partial charge >= 0.3 is 0 Å². The third-order valence-electron chi connectivity index (χ3n) is 5.73. The number of hydrogen-bond acceptors (Lipinski definition) is 4. The van der Waals surface area contributed by atoms with Crippen LogP contribution in [0.5, 0.6) is 5.75 Å². The molecule has 1 N–H and O–H groups in total. The largest absolute Gasteiger partial charge is 0.497 e. The van der Waals surface area contributed by atoms with Crippen LogP contribution in [0.15, 0.2) is 18.2 Å². The number of amides is 1. The van der Waals surface area contributed by atoms with Crippen LogP contribution >= 0.6 is 0 Å². The van der Waals surface area contributed by atoms with E-state index in [4.69, 9.17) is 9.84 Å². The molecule has 0 saturated carbocycles. The lowest BCUT2D eigenvalue weighted by atomic mass is 9.73. The first-order valence-corrected chi connectivity index (χ1v) is 9.49. The van der Waals surface area contributed by atoms with Crippen molar-refractivity contribution >= 4 is 5.91 Å². The molecule has 2 saturated heterocycles. The molecule has 0 unspecified atom stereocenters. The number of piperidine rings is 2. The van der Waals surface area contributed by atoms with Crippen molar-refractivity contribution in [1.82, 2.24) is 9.80 Å². The second kappa shape index (κ2) is 8.35. The fourth-order valence-corrected chi connectivity index (χ4v) is 4.37. The molecule has 0 radical (unpaired) electrons. The zero-order valence-electron chi connectivity index (χ0n) is 15.5. The molecule has 1 aromatic rings. The maximum Gasteiger partial charge on any atom is 0.222 e. The third-order valence-corrected chi connectivity index (χ3v) is 5.73. The number of aliphatic hydroxyl groups is 1. The summed E-state index contributed by atoms with van der Waals surface area (Å²) >= 11 is 0. The number of carbonyl (C=O) groups excluding carboxylic acids is 1. The van der Waals surface area contributed by atoms with Gasteiger partial charge in [0.1, 0.15) is 11.6 Å². The van der Waals surface area contributed by atoms with Gasteiger partial charge < -0.3 is 14.7 Å². The molecule has 1 atom stereocenters. The maximum atomic E-state index is 14.3. The summed E-state index contributed by atoms with van der Waals surface area (Å²) in [5.41, 5.74) is 0.789. The molecule has 1 aromatic carbocycles. The van der Waals surface area contributed by atoms with Crippen molar-refractivity contribution in [2.24, 2.45) is 5.41 Å². The number of methoxy groups -OCH3 is 1. The van der Waals surface area contributed by atoms with Gasteiger partial charge in [-0.1, -0.05) is 6.07 Å². The normalized spacial score (nSPS) is 24.3. The van der Waals surface area contributed by atoms with Crippen LogP contribution in [0, 0.1) is 11.2 Å². The lowest BCUT2D eigenvalue weighted by molar-refractivity contribution is -0.139. The van der Waals surface area contributed by atoms with E-state index in [0.29, 0.717) is 37.2 Å². The first-order chi connectivity index (χ1) is 12.5. The van der Waals surface area contributed by atoms with Gasteiger partial charge in [0, 0.05) is 56.3 Å². The molecule has 5 nitrogen and oxygen atoms in total. The van der Waals surface area contributed by atoms with Crippen LogP contribution in [-0.2, 0) is 11.3 Å². The summed E-state index contributed by atoms with van der Waals surface area (Å²) in [5.74, 6) is 0.501. The van der Waals surface area contributed by atoms with Crippen molar-refractivity contribution in [2.45, 2.75) is 38.6 Å². The van der Waals surface area contributed by atoms with E-state index >= 15 is 0 Å². The van der Waals surface area contributed by atoms with Gasteiger partial charge in [-0.25, -0.2) is 4.39 Å². The highest BCUT2D eigenvalue weighted by molar-refractivity contribution is 5.77. The predicted octanol–water partition coefficient (Wildman–Crippen LogP) is 2.42. The minimum absolute atomic E-state index is 0.102. The smallest absolute Gasteiger partial charge is 0.222 e. The Kier molecular flexibility index (Phi) is 6.14. The average Bonchev–Trinajstić information content (AvgIpc) is 2.64. The Morgan fingerprint density at radius 2 is 2.15 bits per heavy atom. The number of benzene rings is 1. The van der Waals surface area contributed by atoms with E-state index in [0.717, 1.165) is 38.9 Å². The Hall–Kier alpha value is -1.66. The topological polar surface area (TPSA) is 53.0 Å². The van der Waals surface area contributed by atoms with E-state index in [9.17, 15) is 9.18 Å². The fraction of sp³-hybridized carbons (Fsp3) is 0.650. The molecule has 1 amide bonds. The number of rotatable bonds is 6. The van der Waals surface area contributed by atoms with Crippen molar-refractivity contribution < 1.29 is 19.0 Å². The summed E-state index contributed by atoms with van der Waals surface area (Å²) in [6.07, 6.45) is 4.29. The standard InChI is InChI=1S/C20H29FN2O3/c1-26-17-5-4-16(18(21)12-17)13-22-9-2-7-20(14-22)8-6-19(25)23(15-20)10-3-11-24/h4-5,12,24H,2-3,6-11,13-15H2,1H3/t20-/m0/s1. The van der Waals surface area contributed by atoms with Crippen LogP contribution < -0.4 is 4.74 Å². The number of halogens is 1. The van der Waals surface area contributed by atoms with E-state index in [2.05, 4.69) is 4.90 Å². The van der Waals surface area contributed by atoms with Crippen molar-refractivity contribution in [3.8, 4) is 5.75 Å². The zero-order chi connectivity index (χ0) is 18.6. The van der Waals surface area contributed by atoms with E-state index in [1.165, 1.54) is 13.2 Å². The van der Waals surface area contributed by atoms with E-state index in [1.807, 2.05) is 4.90 Å². The van der Waals surface area contributed by atoms with Crippen molar-refractivity contribution in [2.75, 3.05) is 39.9 Å². The first kappa shape index (κ1) is 19.1. The Morgan fingerprint density at radius 1 is 1.31 bits per heavy atom. The van der Waals surface area contributed by atoms with Crippen LogP contribution in [0.1, 0.15) is 37.7 Å². The van der Waals surface area contributed by atoms with Crippen LogP contribution in [0.2, 0.25) is 0 Å². The molecule has 2 aliphatic heterocycles. The minimum Gasteiger partial charge on any atom is -0.497 e. The van der Waals surface area contributed by atoms with Crippen molar-refractivity contribution in [1.29, 1.82) is 0 Å². The number of nitrogens with zero attached hydrogens (tertiary/aromatic N) is 2. The maximum absolute atomic E-state index is 14.3. The zero-order valence-corrected chi connectivity index (χ0v) is 15.5. The number of likely N-dealkylation sites (tertiary alicyclic amines) is 2. The van der Waals surface area contributed by atoms with Crippen LogP contribution in [-0.4, -0.2) is 60.7 Å². The molecule has 0 aliphatic carbocycles. The summed E-state index contributed by atoms with van der Waals surface area (Å²) in [6, 6.07) is 5.03. The predicted molar refractivity (Wildman–Crippen MR) is 97.4 cm³/mol. The molecule has 144 valence electrons. The number of aliphatic hydroxyl groups excluding tert-OH is 1. The monoisotopic (exact) mass is 364 g/mol. The molecule has 2 fully saturated rings. The fourth-order valence-electron chi connectivity index (χ4n) is 4.37. The molecule has 1 spiro atoms. The number of carbonyl (C=O) groups is 1. The number of ether oxygens (including phenoxy) is 1. The summed E-state index contributed by atoms with van der Waals surface area (Å²) in [5, 5.41) is 9.06. The average molecular weight is 364 g/mol. The lowest BCUT2D eigenvalue weighted by Crippen LogP contribution is -2.54. The Bertz CT molecular complexity index is 639. The Balaban J connectivity index is 1.66. The second-order valence-corrected chi connectivity index (χ2v) is 7.66. The van der Waals surface area contributed by atoms with Crippen LogP contribution in [0.4, 0.5) is 4.39 Å². The van der Waals surface area contributed by atoms with Gasteiger partial charge in [0.15, 0.2) is 0 Å². The Morgan fingerprint density at radius 3 is 2.88 bits per heavy atom. The third kappa shape index (κ3) is 4.35. The van der Waals surface area contributed by atoms with Gasteiger partial charge in [0.25, 0.3) is 0 Å². The van der Waals surface area contributed by atoms with Gasteiger partial charge in [-0.15, -0.1) is 0 Å². The Labute approximate surface area is 154 Å². The summed E-state index contributed by atoms with van der Waals surface area (Å²) in [6.45, 7) is 3.93. The summed E-state index contributed by atoms with van der Waals surface area (Å²) < 4.78 is 19.4. The molecule has 0 aromatic heterocycles. The molecule has 2 heterocycles. The second-order valence-electron chi connectivity index (χ2n) is 7.66. The highest BCUT2D eigenvalue weighted by Crippen LogP contribution is 2.39.